The SMILES string of the molecule is Cn1nc(Cl)cc1N(C(=S)NN)[C@H]1CCc2sc(NC(=O)C3CC3)c(C(=O)NCC3CC3)c2C1. The minimum atomic E-state index is -0.120. The van der Waals surface area contributed by atoms with E-state index in [9.17, 15) is 9.59 Å². The van der Waals surface area contributed by atoms with Crippen LogP contribution in [0.2, 0.25) is 5.15 Å². The molecule has 34 heavy (non-hydrogen) atoms. The van der Waals surface area contributed by atoms with Gasteiger partial charge in [0.1, 0.15) is 10.8 Å². The summed E-state index contributed by atoms with van der Waals surface area (Å²) >= 11 is 13.2. The van der Waals surface area contributed by atoms with Crippen molar-refractivity contribution in [2.75, 3.05) is 16.8 Å². The van der Waals surface area contributed by atoms with Crippen molar-refractivity contribution in [3.05, 3.63) is 27.2 Å². The Morgan fingerprint density at radius 1 is 1.32 bits per heavy atom. The maximum atomic E-state index is 13.3. The van der Waals surface area contributed by atoms with Crippen molar-refractivity contribution in [2.45, 2.75) is 51.0 Å². The lowest BCUT2D eigenvalue weighted by Crippen LogP contribution is -2.51. The number of nitrogens with one attached hydrogen (secondary N) is 3. The number of halogens is 1. The van der Waals surface area contributed by atoms with Gasteiger partial charge in [-0.2, -0.15) is 5.10 Å². The highest BCUT2D eigenvalue weighted by Gasteiger charge is 2.36. The zero-order chi connectivity index (χ0) is 24.0. The number of amides is 2. The van der Waals surface area contributed by atoms with Crippen molar-refractivity contribution >= 4 is 62.9 Å². The number of rotatable bonds is 7. The first-order valence-corrected chi connectivity index (χ1v) is 13.2. The van der Waals surface area contributed by atoms with E-state index >= 15 is 0 Å². The monoisotopic (exact) mass is 521 g/mol. The lowest BCUT2D eigenvalue weighted by Gasteiger charge is -2.35. The summed E-state index contributed by atoms with van der Waals surface area (Å²) in [5, 5.41) is 11.8. The smallest absolute Gasteiger partial charge is 0.254 e. The van der Waals surface area contributed by atoms with Gasteiger partial charge in [-0.3, -0.25) is 19.2 Å². The first-order valence-electron chi connectivity index (χ1n) is 11.6. The highest BCUT2D eigenvalue weighted by Crippen LogP contribution is 2.41. The van der Waals surface area contributed by atoms with Crippen LogP contribution in [0.15, 0.2) is 6.07 Å². The third kappa shape index (κ3) is 4.79. The quantitative estimate of drug-likeness (QED) is 0.251. The Balaban J connectivity index is 1.47. The molecule has 0 radical (unpaired) electrons. The zero-order valence-corrected chi connectivity index (χ0v) is 21.3. The number of carbonyl (C=O) groups is 2. The summed E-state index contributed by atoms with van der Waals surface area (Å²) in [5.74, 6) is 6.94. The Morgan fingerprint density at radius 2 is 2.09 bits per heavy atom. The van der Waals surface area contributed by atoms with Crippen LogP contribution in [-0.4, -0.2) is 39.3 Å². The second-order valence-corrected chi connectivity index (χ2v) is 11.2. The highest BCUT2D eigenvalue weighted by atomic mass is 35.5. The summed E-state index contributed by atoms with van der Waals surface area (Å²) < 4.78 is 1.67. The number of nitrogens with zero attached hydrogens (tertiary/aromatic N) is 3. The van der Waals surface area contributed by atoms with Crippen molar-refractivity contribution in [2.24, 2.45) is 24.7 Å². The van der Waals surface area contributed by atoms with Gasteiger partial charge >= 0.3 is 0 Å². The van der Waals surface area contributed by atoms with Gasteiger partial charge in [0.05, 0.1) is 5.56 Å². The van der Waals surface area contributed by atoms with Gasteiger partial charge in [-0.15, -0.1) is 11.3 Å². The van der Waals surface area contributed by atoms with Crippen LogP contribution in [0.4, 0.5) is 10.8 Å². The Labute approximate surface area is 212 Å². The van der Waals surface area contributed by atoms with Gasteiger partial charge < -0.3 is 16.1 Å². The summed E-state index contributed by atoms with van der Waals surface area (Å²) in [6.07, 6.45) is 6.28. The van der Waals surface area contributed by atoms with Crippen LogP contribution in [0.25, 0.3) is 0 Å². The van der Waals surface area contributed by atoms with Crippen LogP contribution in [0, 0.1) is 11.8 Å². The number of thiocarbonyl (C=S) groups is 1. The van der Waals surface area contributed by atoms with Gasteiger partial charge in [-0.25, -0.2) is 5.84 Å². The molecule has 9 nitrogen and oxygen atoms in total. The molecule has 2 amide bonds. The molecule has 2 heterocycles. The maximum Gasteiger partial charge on any atom is 0.254 e. The standard InChI is InChI=1S/C22H28ClN7O2S2/c1-29-17(9-16(23)28-29)30(22(33)27-24)13-6-7-15-14(8-13)18(20(32)25-10-11-2-3-11)21(34-15)26-19(31)12-4-5-12/h9,11-13H,2-8,10,24H2,1H3,(H,25,32)(H,26,31)(H,27,33)/t13-/m0/s1. The molecule has 2 saturated carbocycles. The van der Waals surface area contributed by atoms with Crippen molar-refractivity contribution < 1.29 is 9.59 Å². The molecular formula is C22H28ClN7O2S2. The molecule has 2 aromatic rings. The number of aromatic nitrogens is 2. The topological polar surface area (TPSA) is 117 Å². The van der Waals surface area contributed by atoms with E-state index < -0.39 is 0 Å². The molecular weight excluding hydrogens is 494 g/mol. The zero-order valence-electron chi connectivity index (χ0n) is 18.9. The molecule has 2 aromatic heterocycles. The van der Waals surface area contributed by atoms with E-state index in [0.717, 1.165) is 54.8 Å². The lowest BCUT2D eigenvalue weighted by molar-refractivity contribution is -0.117. The maximum absolute atomic E-state index is 13.3. The van der Waals surface area contributed by atoms with E-state index in [4.69, 9.17) is 29.7 Å². The predicted molar refractivity (Wildman–Crippen MR) is 137 cm³/mol. The number of aryl methyl sites for hydroxylation is 2. The molecule has 2 fully saturated rings. The largest absolute Gasteiger partial charge is 0.352 e. The highest BCUT2D eigenvalue weighted by molar-refractivity contribution is 7.80. The minimum Gasteiger partial charge on any atom is -0.352 e. The average Bonchev–Trinajstić information content (AvgIpc) is 3.73. The van der Waals surface area contributed by atoms with E-state index in [2.05, 4.69) is 21.2 Å². The third-order valence-corrected chi connectivity index (χ3v) is 8.38. The first kappa shape index (κ1) is 23.5. The molecule has 0 saturated heterocycles. The average molecular weight is 522 g/mol. The molecule has 182 valence electrons. The van der Waals surface area contributed by atoms with Crippen LogP contribution in [0.3, 0.4) is 0 Å². The fraction of sp³-hybridized carbons (Fsp3) is 0.545. The number of nitrogens with two attached hydrogens (primary N) is 1. The summed E-state index contributed by atoms with van der Waals surface area (Å²) in [5.41, 5.74) is 4.15. The first-order chi connectivity index (χ1) is 16.4. The second-order valence-electron chi connectivity index (χ2n) is 9.29. The fourth-order valence-corrected chi connectivity index (χ4v) is 6.19. The van der Waals surface area contributed by atoms with Crippen LogP contribution in [-0.2, 0) is 24.7 Å². The number of thiophene rings is 1. The molecule has 1 atom stereocenters. The summed E-state index contributed by atoms with van der Waals surface area (Å²) in [6.45, 7) is 0.670. The van der Waals surface area contributed by atoms with Crippen LogP contribution >= 0.6 is 35.2 Å². The normalized spacial score (nSPS) is 19.3. The molecule has 12 heteroatoms. The van der Waals surface area contributed by atoms with Gasteiger partial charge in [0.25, 0.3) is 5.91 Å². The predicted octanol–water partition coefficient (Wildman–Crippen LogP) is 2.74. The number of anilines is 2. The number of hydrazine groups is 1. The Bertz CT molecular complexity index is 1140. The third-order valence-electron chi connectivity index (χ3n) is 6.67. The Kier molecular flexibility index (Phi) is 6.54. The van der Waals surface area contributed by atoms with Crippen LogP contribution in [0.1, 0.15) is 52.9 Å². The fourth-order valence-electron chi connectivity index (χ4n) is 4.50. The van der Waals surface area contributed by atoms with E-state index in [1.807, 2.05) is 4.90 Å². The molecule has 0 spiro atoms. The second kappa shape index (κ2) is 9.44. The van der Waals surface area contributed by atoms with Crippen LogP contribution < -0.4 is 26.8 Å². The Morgan fingerprint density at radius 3 is 2.71 bits per heavy atom. The van der Waals surface area contributed by atoms with Crippen molar-refractivity contribution in [3.8, 4) is 0 Å². The summed E-state index contributed by atoms with van der Waals surface area (Å²) in [6, 6.07) is 1.69. The van der Waals surface area contributed by atoms with Crippen LogP contribution in [0.5, 0.6) is 0 Å². The molecule has 3 aliphatic rings. The molecule has 5 N–H and O–H groups in total. The number of hydrogen-bond donors (Lipinski definition) is 4. The Hall–Kier alpha value is -2.21. The van der Waals surface area contributed by atoms with Gasteiger partial charge in [-0.1, -0.05) is 11.6 Å². The molecule has 0 unspecified atom stereocenters. The van der Waals surface area contributed by atoms with Crippen molar-refractivity contribution in [1.82, 2.24) is 20.5 Å². The summed E-state index contributed by atoms with van der Waals surface area (Å²) in [7, 11) is 1.80. The molecule has 0 aliphatic heterocycles. The number of fused-ring (bicyclic) bond motifs is 1. The van der Waals surface area contributed by atoms with Crippen molar-refractivity contribution in [1.29, 1.82) is 0 Å². The molecule has 0 bridgehead atoms. The van der Waals surface area contributed by atoms with E-state index in [0.29, 0.717) is 39.7 Å². The van der Waals surface area contributed by atoms with Gasteiger partial charge in [0.2, 0.25) is 5.91 Å². The van der Waals surface area contributed by atoms with E-state index in [1.54, 1.807) is 17.8 Å². The van der Waals surface area contributed by atoms with Gasteiger partial charge in [-0.05, 0) is 68.6 Å². The molecule has 0 aromatic carbocycles. The number of hydrogen-bond acceptors (Lipinski definition) is 6. The lowest BCUT2D eigenvalue weighted by atomic mass is 9.90. The number of carbonyl (C=O) groups excluding carboxylic acids is 2. The van der Waals surface area contributed by atoms with Gasteiger partial charge in [0, 0.05) is 36.5 Å². The molecule has 5 rings (SSSR count). The van der Waals surface area contributed by atoms with E-state index in [-0.39, 0.29) is 23.8 Å². The minimum absolute atomic E-state index is 0.00560. The summed E-state index contributed by atoms with van der Waals surface area (Å²) in [4.78, 5) is 28.9. The van der Waals surface area contributed by atoms with Crippen molar-refractivity contribution in [3.63, 3.8) is 0 Å². The van der Waals surface area contributed by atoms with E-state index in [1.165, 1.54) is 11.3 Å². The van der Waals surface area contributed by atoms with Gasteiger partial charge in [0.15, 0.2) is 10.3 Å². The molecule has 3 aliphatic carbocycles.